The number of thioether (sulfide) groups is 1. The summed E-state index contributed by atoms with van der Waals surface area (Å²) in [5.41, 5.74) is 1.15. The molecule has 0 saturated carbocycles. The van der Waals surface area contributed by atoms with Crippen LogP contribution < -0.4 is 4.74 Å². The van der Waals surface area contributed by atoms with Crippen molar-refractivity contribution in [1.29, 1.82) is 0 Å². The van der Waals surface area contributed by atoms with Crippen molar-refractivity contribution in [3.05, 3.63) is 60.2 Å². The quantitative estimate of drug-likeness (QED) is 0.522. The van der Waals surface area contributed by atoms with Crippen molar-refractivity contribution in [2.45, 2.75) is 43.8 Å². The van der Waals surface area contributed by atoms with Crippen molar-refractivity contribution in [3.63, 3.8) is 0 Å². The Morgan fingerprint density at radius 1 is 0.905 bits per heavy atom. The average Bonchev–Trinajstić information content (AvgIpc) is 2.48. The van der Waals surface area contributed by atoms with Crippen LogP contribution in [-0.4, -0.2) is 11.5 Å². The molecule has 0 spiro atoms. The summed E-state index contributed by atoms with van der Waals surface area (Å²) in [4.78, 5) is 1.26. The highest BCUT2D eigenvalue weighted by atomic mass is 32.2. The van der Waals surface area contributed by atoms with Crippen molar-refractivity contribution < 1.29 is 9.47 Å². The SMILES string of the molecule is CC(OCc1ccccc1)Oc1ccc(SC(C)C)cc1. The number of hydrogen-bond acceptors (Lipinski definition) is 3. The molecule has 0 N–H and O–H groups in total. The fourth-order valence-electron chi connectivity index (χ4n) is 1.88. The van der Waals surface area contributed by atoms with Gasteiger partial charge in [0.2, 0.25) is 0 Å². The van der Waals surface area contributed by atoms with Crippen molar-refractivity contribution in [2.24, 2.45) is 0 Å². The first-order valence-electron chi connectivity index (χ1n) is 7.22. The van der Waals surface area contributed by atoms with Crippen LogP contribution in [0.2, 0.25) is 0 Å². The van der Waals surface area contributed by atoms with Crippen LogP contribution in [0.5, 0.6) is 5.75 Å². The highest BCUT2D eigenvalue weighted by Crippen LogP contribution is 2.25. The van der Waals surface area contributed by atoms with Crippen molar-refractivity contribution in [2.75, 3.05) is 0 Å². The van der Waals surface area contributed by atoms with E-state index in [1.54, 1.807) is 0 Å². The highest BCUT2D eigenvalue weighted by molar-refractivity contribution is 7.99. The summed E-state index contributed by atoms with van der Waals surface area (Å²) in [6.07, 6.45) is -0.270. The second kappa shape index (κ2) is 8.11. The minimum absolute atomic E-state index is 0.270. The van der Waals surface area contributed by atoms with Crippen molar-refractivity contribution in [3.8, 4) is 5.75 Å². The average molecular weight is 302 g/mol. The second-order valence-electron chi connectivity index (χ2n) is 5.12. The third-order valence-electron chi connectivity index (χ3n) is 2.83. The van der Waals surface area contributed by atoms with Gasteiger partial charge in [0.1, 0.15) is 5.75 Å². The molecule has 0 radical (unpaired) electrons. The van der Waals surface area contributed by atoms with E-state index in [4.69, 9.17) is 9.47 Å². The Labute approximate surface area is 131 Å². The molecule has 0 fully saturated rings. The molecule has 0 aliphatic carbocycles. The van der Waals surface area contributed by atoms with Gasteiger partial charge in [-0.3, -0.25) is 0 Å². The molecule has 0 bridgehead atoms. The van der Waals surface area contributed by atoms with Crippen LogP contribution in [0, 0.1) is 0 Å². The zero-order valence-corrected chi connectivity index (χ0v) is 13.6. The Morgan fingerprint density at radius 3 is 2.19 bits per heavy atom. The summed E-state index contributed by atoms with van der Waals surface area (Å²) in [6, 6.07) is 18.3. The summed E-state index contributed by atoms with van der Waals surface area (Å²) in [5, 5.41) is 0.588. The minimum Gasteiger partial charge on any atom is -0.465 e. The molecule has 2 aromatic rings. The molecule has 0 saturated heterocycles. The van der Waals surface area contributed by atoms with Gasteiger partial charge in [-0.25, -0.2) is 0 Å². The largest absolute Gasteiger partial charge is 0.465 e. The predicted octanol–water partition coefficient (Wildman–Crippen LogP) is 5.13. The summed E-state index contributed by atoms with van der Waals surface area (Å²) in [6.45, 7) is 6.85. The van der Waals surface area contributed by atoms with Crippen molar-refractivity contribution in [1.82, 2.24) is 0 Å². The van der Waals surface area contributed by atoms with Crippen molar-refractivity contribution >= 4 is 11.8 Å². The lowest BCUT2D eigenvalue weighted by molar-refractivity contribution is -0.0759. The summed E-state index contributed by atoms with van der Waals surface area (Å²) in [7, 11) is 0. The molecule has 1 unspecified atom stereocenters. The van der Waals surface area contributed by atoms with Gasteiger partial charge in [0.25, 0.3) is 0 Å². The van der Waals surface area contributed by atoms with Gasteiger partial charge in [-0.1, -0.05) is 44.2 Å². The van der Waals surface area contributed by atoms with Gasteiger partial charge < -0.3 is 9.47 Å². The molecule has 1 atom stereocenters. The molecule has 0 amide bonds. The van der Waals surface area contributed by atoms with Gasteiger partial charge in [0, 0.05) is 10.1 Å². The lowest BCUT2D eigenvalue weighted by Gasteiger charge is -2.16. The molecule has 0 aromatic heterocycles. The molecule has 0 aliphatic heterocycles. The first-order valence-corrected chi connectivity index (χ1v) is 8.10. The molecular weight excluding hydrogens is 280 g/mol. The number of ether oxygens (including phenoxy) is 2. The van der Waals surface area contributed by atoms with E-state index in [-0.39, 0.29) is 6.29 Å². The Morgan fingerprint density at radius 2 is 1.57 bits per heavy atom. The molecule has 2 aromatic carbocycles. The molecule has 112 valence electrons. The van der Waals surface area contributed by atoms with Gasteiger partial charge >= 0.3 is 0 Å². The zero-order chi connectivity index (χ0) is 15.1. The second-order valence-corrected chi connectivity index (χ2v) is 6.77. The van der Waals surface area contributed by atoms with Crippen LogP contribution >= 0.6 is 11.8 Å². The van der Waals surface area contributed by atoms with Crippen LogP contribution in [0.4, 0.5) is 0 Å². The third-order valence-corrected chi connectivity index (χ3v) is 3.84. The monoisotopic (exact) mass is 302 g/mol. The van der Waals surface area contributed by atoms with E-state index in [1.807, 2.05) is 61.2 Å². The Hall–Kier alpha value is -1.45. The van der Waals surface area contributed by atoms with E-state index in [2.05, 4.69) is 26.0 Å². The molecule has 2 rings (SSSR count). The Bertz CT molecular complexity index is 523. The first-order chi connectivity index (χ1) is 10.1. The maximum absolute atomic E-state index is 5.76. The van der Waals surface area contributed by atoms with E-state index < -0.39 is 0 Å². The van der Waals surface area contributed by atoms with Gasteiger partial charge in [-0.2, -0.15) is 0 Å². The lowest BCUT2D eigenvalue weighted by atomic mass is 10.2. The standard InChI is InChI=1S/C18H22O2S/c1-14(2)21-18-11-9-17(10-12-18)20-15(3)19-13-16-7-5-4-6-8-16/h4-12,14-15H,13H2,1-3H3. The highest BCUT2D eigenvalue weighted by Gasteiger charge is 2.05. The number of benzene rings is 2. The fourth-order valence-corrected chi connectivity index (χ4v) is 2.72. The van der Waals surface area contributed by atoms with E-state index in [1.165, 1.54) is 4.90 Å². The fraction of sp³-hybridized carbons (Fsp3) is 0.333. The Balaban J connectivity index is 1.80. The van der Waals surface area contributed by atoms with E-state index >= 15 is 0 Å². The van der Waals surface area contributed by atoms with Gasteiger partial charge in [0.05, 0.1) is 6.61 Å². The Kier molecular flexibility index (Phi) is 6.15. The zero-order valence-electron chi connectivity index (χ0n) is 12.8. The van der Waals surface area contributed by atoms with Gasteiger partial charge in [-0.15, -0.1) is 11.8 Å². The molecule has 0 aliphatic rings. The normalized spacial score (nSPS) is 12.4. The smallest absolute Gasteiger partial charge is 0.197 e. The number of hydrogen-bond donors (Lipinski definition) is 0. The van der Waals surface area contributed by atoms with E-state index in [9.17, 15) is 0 Å². The molecule has 2 nitrogen and oxygen atoms in total. The van der Waals surface area contributed by atoms with Crippen LogP contribution in [0.1, 0.15) is 26.3 Å². The molecule has 0 heterocycles. The predicted molar refractivity (Wildman–Crippen MR) is 88.8 cm³/mol. The maximum Gasteiger partial charge on any atom is 0.197 e. The molecule has 21 heavy (non-hydrogen) atoms. The van der Waals surface area contributed by atoms with Gasteiger partial charge in [-0.05, 0) is 36.8 Å². The number of rotatable bonds is 7. The topological polar surface area (TPSA) is 18.5 Å². The molecular formula is C18H22O2S. The van der Waals surface area contributed by atoms with Crippen LogP contribution in [0.3, 0.4) is 0 Å². The van der Waals surface area contributed by atoms with E-state index in [0.29, 0.717) is 11.9 Å². The molecule has 3 heteroatoms. The summed E-state index contributed by atoms with van der Waals surface area (Å²) >= 11 is 1.85. The van der Waals surface area contributed by atoms with Crippen LogP contribution in [0.15, 0.2) is 59.5 Å². The summed E-state index contributed by atoms with van der Waals surface area (Å²) in [5.74, 6) is 0.837. The van der Waals surface area contributed by atoms with E-state index in [0.717, 1.165) is 11.3 Å². The minimum atomic E-state index is -0.270. The third kappa shape index (κ3) is 5.82. The van der Waals surface area contributed by atoms with Gasteiger partial charge in [0.15, 0.2) is 6.29 Å². The summed E-state index contributed by atoms with van der Waals surface area (Å²) < 4.78 is 11.5. The maximum atomic E-state index is 5.76. The van der Waals surface area contributed by atoms with Crippen LogP contribution in [-0.2, 0) is 11.3 Å². The first kappa shape index (κ1) is 15.9. The lowest BCUT2D eigenvalue weighted by Crippen LogP contribution is -2.16. The van der Waals surface area contributed by atoms with Crippen LogP contribution in [0.25, 0.3) is 0 Å².